The first-order chi connectivity index (χ1) is 9.81. The first kappa shape index (κ1) is 13.7. The highest BCUT2D eigenvalue weighted by Crippen LogP contribution is 2.15. The van der Waals surface area contributed by atoms with Crippen molar-refractivity contribution in [2.75, 3.05) is 6.54 Å². The van der Waals surface area contributed by atoms with Gasteiger partial charge >= 0.3 is 0 Å². The van der Waals surface area contributed by atoms with Crippen LogP contribution in [0, 0.1) is 23.2 Å². The second kappa shape index (κ2) is 6.99. The minimum atomic E-state index is 0.349. The number of nitriles is 1. The second-order valence-corrected chi connectivity index (χ2v) is 4.13. The van der Waals surface area contributed by atoms with Gasteiger partial charge in [-0.1, -0.05) is 30.0 Å². The van der Waals surface area contributed by atoms with E-state index in [0.29, 0.717) is 24.5 Å². The van der Waals surface area contributed by atoms with Crippen LogP contribution >= 0.6 is 0 Å². The first-order valence-electron chi connectivity index (χ1n) is 6.22. The molecule has 0 spiro atoms. The molecule has 0 bridgehead atoms. The van der Waals surface area contributed by atoms with Gasteiger partial charge in [0.1, 0.15) is 12.4 Å². The van der Waals surface area contributed by atoms with Gasteiger partial charge in [-0.15, -0.1) is 0 Å². The standard InChI is InChI=1S/C17H14N2O/c18-9-3-7-14-4-1-6-16(10-14)13-20-17-8-2-5-15(11-17)12-19/h1-2,4-6,8,10-11H,9,13,18H2. The number of hydrogen-bond acceptors (Lipinski definition) is 3. The van der Waals surface area contributed by atoms with Gasteiger partial charge in [-0.2, -0.15) is 5.26 Å². The van der Waals surface area contributed by atoms with E-state index in [1.54, 1.807) is 18.2 Å². The Kier molecular flexibility index (Phi) is 4.78. The van der Waals surface area contributed by atoms with Crippen molar-refractivity contribution in [3.63, 3.8) is 0 Å². The molecule has 20 heavy (non-hydrogen) atoms. The lowest BCUT2D eigenvalue weighted by molar-refractivity contribution is 0.306. The van der Waals surface area contributed by atoms with Crippen molar-refractivity contribution in [1.29, 1.82) is 5.26 Å². The molecule has 0 aliphatic carbocycles. The average molecular weight is 262 g/mol. The Morgan fingerprint density at radius 1 is 1.05 bits per heavy atom. The van der Waals surface area contributed by atoms with Gasteiger partial charge in [-0.05, 0) is 35.9 Å². The molecule has 2 N–H and O–H groups in total. The molecule has 2 aromatic carbocycles. The fourth-order valence-electron chi connectivity index (χ4n) is 1.71. The van der Waals surface area contributed by atoms with Crippen LogP contribution in [-0.4, -0.2) is 6.54 Å². The van der Waals surface area contributed by atoms with Gasteiger partial charge in [0.2, 0.25) is 0 Å². The predicted octanol–water partition coefficient (Wildman–Crippen LogP) is 2.45. The summed E-state index contributed by atoms with van der Waals surface area (Å²) in [7, 11) is 0. The second-order valence-electron chi connectivity index (χ2n) is 4.13. The smallest absolute Gasteiger partial charge is 0.121 e. The number of rotatable bonds is 3. The van der Waals surface area contributed by atoms with Crippen LogP contribution in [0.25, 0.3) is 0 Å². The van der Waals surface area contributed by atoms with Crippen LogP contribution in [0.3, 0.4) is 0 Å². The molecule has 0 aliphatic heterocycles. The molecule has 2 rings (SSSR count). The van der Waals surface area contributed by atoms with E-state index in [4.69, 9.17) is 15.7 Å². The van der Waals surface area contributed by atoms with E-state index >= 15 is 0 Å². The van der Waals surface area contributed by atoms with Crippen LogP contribution < -0.4 is 10.5 Å². The largest absolute Gasteiger partial charge is 0.489 e. The fourth-order valence-corrected chi connectivity index (χ4v) is 1.71. The zero-order chi connectivity index (χ0) is 14.2. The zero-order valence-corrected chi connectivity index (χ0v) is 11.0. The van der Waals surface area contributed by atoms with E-state index in [2.05, 4.69) is 17.9 Å². The van der Waals surface area contributed by atoms with Crippen LogP contribution in [0.5, 0.6) is 5.75 Å². The molecule has 0 fully saturated rings. The maximum Gasteiger partial charge on any atom is 0.121 e. The third-order valence-electron chi connectivity index (χ3n) is 2.63. The summed E-state index contributed by atoms with van der Waals surface area (Å²) in [6.45, 7) is 0.786. The highest BCUT2D eigenvalue weighted by Gasteiger charge is 1.98. The summed E-state index contributed by atoms with van der Waals surface area (Å²) in [6, 6.07) is 17.0. The molecule has 0 unspecified atom stereocenters. The number of nitrogens with two attached hydrogens (primary N) is 1. The van der Waals surface area contributed by atoms with Crippen molar-refractivity contribution >= 4 is 0 Å². The number of nitrogens with zero attached hydrogens (tertiary/aromatic N) is 1. The van der Waals surface area contributed by atoms with Crippen molar-refractivity contribution in [1.82, 2.24) is 0 Å². The van der Waals surface area contributed by atoms with Gasteiger partial charge in [0.05, 0.1) is 18.2 Å². The summed E-state index contributed by atoms with van der Waals surface area (Å²) >= 11 is 0. The summed E-state index contributed by atoms with van der Waals surface area (Å²) in [5, 5.41) is 8.84. The van der Waals surface area contributed by atoms with Crippen molar-refractivity contribution in [3.05, 3.63) is 65.2 Å². The topological polar surface area (TPSA) is 59.0 Å². The van der Waals surface area contributed by atoms with Crippen molar-refractivity contribution < 1.29 is 4.74 Å². The maximum absolute atomic E-state index is 8.84. The number of hydrogen-bond donors (Lipinski definition) is 1. The van der Waals surface area contributed by atoms with Crippen LogP contribution in [0.4, 0.5) is 0 Å². The quantitative estimate of drug-likeness (QED) is 0.864. The van der Waals surface area contributed by atoms with E-state index in [1.807, 2.05) is 30.3 Å². The van der Waals surface area contributed by atoms with Crippen molar-refractivity contribution in [2.45, 2.75) is 6.61 Å². The molecule has 0 saturated carbocycles. The summed E-state index contributed by atoms with van der Waals surface area (Å²) in [5.74, 6) is 6.49. The lowest BCUT2D eigenvalue weighted by atomic mass is 10.1. The molecule has 3 heteroatoms. The Bertz CT molecular complexity index is 690. The molecule has 98 valence electrons. The Balaban J connectivity index is 2.05. The molecule has 0 amide bonds. The fraction of sp³-hybridized carbons (Fsp3) is 0.118. The van der Waals surface area contributed by atoms with E-state index < -0.39 is 0 Å². The molecule has 2 aromatic rings. The minimum absolute atomic E-state index is 0.349. The molecule has 0 aromatic heterocycles. The van der Waals surface area contributed by atoms with E-state index in [0.717, 1.165) is 11.1 Å². The van der Waals surface area contributed by atoms with Gasteiger partial charge < -0.3 is 10.5 Å². The molecule has 0 radical (unpaired) electrons. The molecule has 0 heterocycles. The van der Waals surface area contributed by atoms with Gasteiger partial charge in [-0.25, -0.2) is 0 Å². The van der Waals surface area contributed by atoms with Crippen molar-refractivity contribution in [2.24, 2.45) is 5.73 Å². The van der Waals surface area contributed by atoms with Crippen LogP contribution in [0.1, 0.15) is 16.7 Å². The number of benzene rings is 2. The van der Waals surface area contributed by atoms with Gasteiger partial charge in [-0.3, -0.25) is 0 Å². The van der Waals surface area contributed by atoms with Crippen LogP contribution in [0.15, 0.2) is 48.5 Å². The predicted molar refractivity (Wildman–Crippen MR) is 77.9 cm³/mol. The van der Waals surface area contributed by atoms with E-state index in [-0.39, 0.29) is 0 Å². The van der Waals surface area contributed by atoms with Gasteiger partial charge in [0.25, 0.3) is 0 Å². The summed E-state index contributed by atoms with van der Waals surface area (Å²) in [5.41, 5.74) is 7.88. The minimum Gasteiger partial charge on any atom is -0.489 e. The Labute approximate surface area is 118 Å². The number of ether oxygens (including phenoxy) is 1. The van der Waals surface area contributed by atoms with E-state index in [1.165, 1.54) is 0 Å². The lowest BCUT2D eigenvalue weighted by Gasteiger charge is -2.06. The highest BCUT2D eigenvalue weighted by atomic mass is 16.5. The Morgan fingerprint density at radius 2 is 1.85 bits per heavy atom. The third kappa shape index (κ3) is 3.88. The first-order valence-corrected chi connectivity index (χ1v) is 6.22. The Morgan fingerprint density at radius 3 is 2.65 bits per heavy atom. The van der Waals surface area contributed by atoms with Crippen molar-refractivity contribution in [3.8, 4) is 23.7 Å². The summed E-state index contributed by atoms with van der Waals surface area (Å²) in [4.78, 5) is 0. The summed E-state index contributed by atoms with van der Waals surface area (Å²) in [6.07, 6.45) is 0. The van der Waals surface area contributed by atoms with Crippen LogP contribution in [-0.2, 0) is 6.61 Å². The van der Waals surface area contributed by atoms with Gasteiger partial charge in [0.15, 0.2) is 0 Å². The van der Waals surface area contributed by atoms with Gasteiger partial charge in [0, 0.05) is 5.56 Å². The highest BCUT2D eigenvalue weighted by molar-refractivity contribution is 5.38. The summed E-state index contributed by atoms with van der Waals surface area (Å²) < 4.78 is 5.67. The monoisotopic (exact) mass is 262 g/mol. The molecule has 0 atom stereocenters. The lowest BCUT2D eigenvalue weighted by Crippen LogP contribution is -1.96. The normalized spacial score (nSPS) is 9.20. The average Bonchev–Trinajstić information content (AvgIpc) is 2.51. The maximum atomic E-state index is 8.84. The zero-order valence-electron chi connectivity index (χ0n) is 11.0. The molecular weight excluding hydrogens is 248 g/mol. The van der Waals surface area contributed by atoms with Crippen LogP contribution in [0.2, 0.25) is 0 Å². The molecular formula is C17H14N2O. The Hall–Kier alpha value is -2.75. The molecule has 3 nitrogen and oxygen atoms in total. The molecule has 0 aliphatic rings. The SMILES string of the molecule is N#Cc1cccc(OCc2cccc(C#CCN)c2)c1. The molecule has 0 saturated heterocycles. The van der Waals surface area contributed by atoms with E-state index in [9.17, 15) is 0 Å². The third-order valence-corrected chi connectivity index (χ3v) is 2.63.